The van der Waals surface area contributed by atoms with Gasteiger partial charge in [-0.25, -0.2) is 4.79 Å². The van der Waals surface area contributed by atoms with Gasteiger partial charge in [0.1, 0.15) is 23.9 Å². The van der Waals surface area contributed by atoms with Gasteiger partial charge in [-0.15, -0.1) is 0 Å². The van der Waals surface area contributed by atoms with Crippen LogP contribution in [-0.2, 0) is 6.61 Å². The summed E-state index contributed by atoms with van der Waals surface area (Å²) in [7, 11) is 1.50. The van der Waals surface area contributed by atoms with E-state index >= 15 is 0 Å². The Labute approximate surface area is 197 Å². The lowest BCUT2D eigenvalue weighted by molar-refractivity contribution is 0.0696. The van der Waals surface area contributed by atoms with Crippen molar-refractivity contribution in [3.63, 3.8) is 0 Å². The smallest absolute Gasteiger partial charge is 0.335 e. The molecular weight excluding hydrogens is 450 g/mol. The van der Waals surface area contributed by atoms with Crippen LogP contribution in [0.15, 0.2) is 52.0 Å². The molecule has 8 heteroatoms. The van der Waals surface area contributed by atoms with Gasteiger partial charge in [0.15, 0.2) is 5.09 Å². The number of benzene rings is 2. The summed E-state index contributed by atoms with van der Waals surface area (Å²) in [6.45, 7) is 8.22. The second-order valence-electron chi connectivity index (χ2n) is 7.57. The molecule has 32 heavy (non-hydrogen) atoms. The predicted octanol–water partition coefficient (Wildman–Crippen LogP) is 6.76. The van der Waals surface area contributed by atoms with Crippen LogP contribution in [0.5, 0.6) is 11.5 Å². The van der Waals surface area contributed by atoms with Crippen molar-refractivity contribution >= 4 is 35.2 Å². The van der Waals surface area contributed by atoms with Crippen LogP contribution in [0.1, 0.15) is 41.1 Å². The molecule has 0 bridgehead atoms. The zero-order valence-corrected chi connectivity index (χ0v) is 20.2. The number of methoxy groups -OCH3 is 1. The Hall–Kier alpha value is -2.77. The Bertz CT molecular complexity index is 1110. The van der Waals surface area contributed by atoms with Crippen molar-refractivity contribution in [2.75, 3.05) is 11.4 Å². The van der Waals surface area contributed by atoms with Crippen LogP contribution in [0.4, 0.5) is 5.69 Å². The highest BCUT2D eigenvalue weighted by Gasteiger charge is 2.21. The molecule has 3 aromatic rings. The second-order valence-corrected chi connectivity index (χ2v) is 8.95. The Kier molecular flexibility index (Phi) is 7.64. The Morgan fingerprint density at radius 3 is 2.50 bits per heavy atom. The number of carboxylic acid groups (broad SMARTS) is 1. The van der Waals surface area contributed by atoms with Gasteiger partial charge in [-0.3, -0.25) is 0 Å². The first-order valence-corrected chi connectivity index (χ1v) is 11.2. The average Bonchev–Trinajstić information content (AvgIpc) is 3.17. The topological polar surface area (TPSA) is 72.1 Å². The molecule has 1 aromatic heterocycles. The van der Waals surface area contributed by atoms with Crippen molar-refractivity contribution in [2.24, 2.45) is 0 Å². The number of hydrogen-bond acceptors (Lipinski definition) is 6. The molecule has 0 aliphatic heterocycles. The normalized spacial score (nSPS) is 11.0. The van der Waals surface area contributed by atoms with E-state index in [4.69, 9.17) is 25.5 Å². The number of aryl methyl sites for hydroxylation is 2. The van der Waals surface area contributed by atoms with Crippen molar-refractivity contribution < 1.29 is 23.8 Å². The van der Waals surface area contributed by atoms with Crippen molar-refractivity contribution in [3.05, 3.63) is 69.9 Å². The number of rotatable bonds is 9. The summed E-state index contributed by atoms with van der Waals surface area (Å²) in [6, 6.07) is 12.5. The number of ether oxygens (including phenoxy) is 2. The summed E-state index contributed by atoms with van der Waals surface area (Å²) in [6.07, 6.45) is 0. The fourth-order valence-electron chi connectivity index (χ4n) is 3.08. The molecular formula is C24H26ClNO5S. The first-order chi connectivity index (χ1) is 15.2. The standard InChI is InChI=1S/C24H26ClNO5S/c1-14(2)26(32-23-9-6-16(4)31-23)20-10-15(3)19(25)12-22(20)30-13-18-8-7-17(24(27)28)11-21(18)29-5/h6-12,14H,13H2,1-5H3,(H,27,28). The summed E-state index contributed by atoms with van der Waals surface area (Å²) in [5.74, 6) is 0.887. The molecule has 3 rings (SSSR count). The quantitative estimate of drug-likeness (QED) is 0.343. The van der Waals surface area contributed by atoms with E-state index in [1.54, 1.807) is 12.1 Å². The van der Waals surface area contributed by atoms with Crippen LogP contribution in [-0.4, -0.2) is 24.2 Å². The van der Waals surface area contributed by atoms with Gasteiger partial charge in [0.05, 0.1) is 18.4 Å². The summed E-state index contributed by atoms with van der Waals surface area (Å²) < 4.78 is 19.4. The molecule has 0 radical (unpaired) electrons. The van der Waals surface area contributed by atoms with Crippen LogP contribution in [0.3, 0.4) is 0 Å². The molecule has 1 N–H and O–H groups in total. The number of halogens is 1. The maximum atomic E-state index is 11.2. The monoisotopic (exact) mass is 475 g/mol. The maximum Gasteiger partial charge on any atom is 0.335 e. The summed E-state index contributed by atoms with van der Waals surface area (Å²) in [5.41, 5.74) is 2.67. The van der Waals surface area contributed by atoms with E-state index in [0.29, 0.717) is 16.5 Å². The molecule has 0 aliphatic carbocycles. The largest absolute Gasteiger partial charge is 0.496 e. The molecule has 6 nitrogen and oxygen atoms in total. The lowest BCUT2D eigenvalue weighted by Gasteiger charge is -2.29. The Balaban J connectivity index is 1.93. The minimum atomic E-state index is -1.01. The third kappa shape index (κ3) is 5.53. The second kappa shape index (κ2) is 10.2. The minimum Gasteiger partial charge on any atom is -0.496 e. The highest BCUT2D eigenvalue weighted by Crippen LogP contribution is 2.41. The first-order valence-electron chi connectivity index (χ1n) is 10.1. The summed E-state index contributed by atoms with van der Waals surface area (Å²) in [5, 5.41) is 10.6. The van der Waals surface area contributed by atoms with E-state index in [0.717, 1.165) is 27.7 Å². The molecule has 1 heterocycles. The number of carbonyl (C=O) groups is 1. The number of carboxylic acids is 1. The lowest BCUT2D eigenvalue weighted by atomic mass is 10.1. The van der Waals surface area contributed by atoms with E-state index in [1.807, 2.05) is 32.0 Å². The lowest BCUT2D eigenvalue weighted by Crippen LogP contribution is -2.23. The molecule has 0 amide bonds. The summed E-state index contributed by atoms with van der Waals surface area (Å²) in [4.78, 5) is 11.2. The van der Waals surface area contributed by atoms with E-state index in [2.05, 4.69) is 18.2 Å². The van der Waals surface area contributed by atoms with Crippen LogP contribution in [0, 0.1) is 13.8 Å². The minimum absolute atomic E-state index is 0.137. The molecule has 0 unspecified atom stereocenters. The molecule has 0 saturated heterocycles. The summed E-state index contributed by atoms with van der Waals surface area (Å²) >= 11 is 7.90. The zero-order valence-electron chi connectivity index (χ0n) is 18.6. The Morgan fingerprint density at radius 2 is 1.91 bits per heavy atom. The van der Waals surface area contributed by atoms with Gasteiger partial charge in [0, 0.05) is 34.6 Å². The molecule has 0 saturated carbocycles. The predicted molar refractivity (Wildman–Crippen MR) is 127 cm³/mol. The molecule has 0 atom stereocenters. The van der Waals surface area contributed by atoms with Crippen LogP contribution in [0.2, 0.25) is 5.02 Å². The van der Waals surface area contributed by atoms with Crippen molar-refractivity contribution in [1.29, 1.82) is 0 Å². The molecule has 170 valence electrons. The van der Waals surface area contributed by atoms with Crippen molar-refractivity contribution in [2.45, 2.75) is 45.4 Å². The number of anilines is 1. The van der Waals surface area contributed by atoms with Crippen LogP contribution in [0.25, 0.3) is 0 Å². The van der Waals surface area contributed by atoms with E-state index in [9.17, 15) is 9.90 Å². The molecule has 0 spiro atoms. The van der Waals surface area contributed by atoms with Gasteiger partial charge in [-0.1, -0.05) is 17.7 Å². The van der Waals surface area contributed by atoms with Crippen LogP contribution >= 0.6 is 23.5 Å². The van der Waals surface area contributed by atoms with Crippen molar-refractivity contribution in [1.82, 2.24) is 0 Å². The molecule has 0 aliphatic rings. The Morgan fingerprint density at radius 1 is 1.16 bits per heavy atom. The maximum absolute atomic E-state index is 11.2. The van der Waals surface area contributed by atoms with Gasteiger partial charge in [-0.05, 0) is 63.6 Å². The van der Waals surface area contributed by atoms with Gasteiger partial charge >= 0.3 is 5.97 Å². The van der Waals surface area contributed by atoms with Gasteiger partial charge in [-0.2, -0.15) is 0 Å². The highest BCUT2D eigenvalue weighted by atomic mass is 35.5. The van der Waals surface area contributed by atoms with E-state index < -0.39 is 5.97 Å². The third-order valence-corrected chi connectivity index (χ3v) is 6.39. The van der Waals surface area contributed by atoms with Crippen LogP contribution < -0.4 is 13.8 Å². The van der Waals surface area contributed by atoms with Gasteiger partial charge in [0.25, 0.3) is 0 Å². The fraction of sp³-hybridized carbons (Fsp3) is 0.292. The van der Waals surface area contributed by atoms with Crippen molar-refractivity contribution in [3.8, 4) is 11.5 Å². The van der Waals surface area contributed by atoms with Gasteiger partial charge in [0.2, 0.25) is 0 Å². The zero-order chi connectivity index (χ0) is 23.4. The molecule has 0 fully saturated rings. The van der Waals surface area contributed by atoms with Gasteiger partial charge < -0.3 is 23.3 Å². The average molecular weight is 476 g/mol. The number of hydrogen-bond donors (Lipinski definition) is 1. The fourth-order valence-corrected chi connectivity index (χ4v) is 4.18. The molecule has 2 aromatic carbocycles. The van der Waals surface area contributed by atoms with E-state index in [-0.39, 0.29) is 18.2 Å². The number of nitrogens with zero attached hydrogens (tertiary/aromatic N) is 1. The van der Waals surface area contributed by atoms with E-state index in [1.165, 1.54) is 31.2 Å². The number of aromatic carboxylic acids is 1. The number of furan rings is 1. The highest BCUT2D eigenvalue weighted by molar-refractivity contribution is 8.00. The first kappa shape index (κ1) is 23.9. The SMILES string of the molecule is COc1cc(C(=O)O)ccc1COc1cc(Cl)c(C)cc1N(Sc1ccc(C)o1)C(C)C. The third-order valence-electron chi connectivity index (χ3n) is 4.77.